The van der Waals surface area contributed by atoms with Crippen LogP contribution in [0.15, 0.2) is 91.0 Å². The summed E-state index contributed by atoms with van der Waals surface area (Å²) in [5, 5.41) is 13.8. The molecule has 2 N–H and O–H groups in total. The average molecular weight is 413 g/mol. The Hall–Kier alpha value is -4.32. The van der Waals surface area contributed by atoms with Gasteiger partial charge in [0.1, 0.15) is 22.8 Å². The fourth-order valence-corrected chi connectivity index (χ4v) is 3.08. The molecule has 154 valence electrons. The monoisotopic (exact) mass is 413 g/mol. The number of hydrogen-bond acceptors (Lipinski definition) is 4. The number of carboxylic acids is 1. The van der Waals surface area contributed by atoms with E-state index in [1.54, 1.807) is 30.3 Å². The highest BCUT2D eigenvalue weighted by molar-refractivity contribution is 5.98. The molecule has 0 saturated carbocycles. The van der Waals surface area contributed by atoms with Gasteiger partial charge in [0.25, 0.3) is 5.91 Å². The summed E-state index contributed by atoms with van der Waals surface area (Å²) in [5.41, 5.74) is 0.583. The molecular formula is C25H19NO5. The number of rotatable bonds is 7. The van der Waals surface area contributed by atoms with E-state index in [1.807, 2.05) is 54.6 Å². The minimum absolute atomic E-state index is 0.00825. The number of amides is 1. The third-order valence-electron chi connectivity index (χ3n) is 4.55. The maximum absolute atomic E-state index is 12.3. The molecule has 0 fully saturated rings. The van der Waals surface area contributed by atoms with E-state index in [4.69, 9.17) is 9.47 Å². The van der Waals surface area contributed by atoms with Crippen LogP contribution >= 0.6 is 0 Å². The van der Waals surface area contributed by atoms with Gasteiger partial charge in [-0.25, -0.2) is 4.79 Å². The lowest BCUT2D eigenvalue weighted by atomic mass is 10.1. The molecule has 4 aromatic rings. The molecule has 0 aromatic heterocycles. The molecule has 0 aliphatic carbocycles. The van der Waals surface area contributed by atoms with Gasteiger partial charge in [-0.1, -0.05) is 42.5 Å². The van der Waals surface area contributed by atoms with E-state index in [9.17, 15) is 14.7 Å². The first-order valence-electron chi connectivity index (χ1n) is 9.60. The largest absolute Gasteiger partial charge is 0.483 e. The van der Waals surface area contributed by atoms with Crippen LogP contribution in [0.1, 0.15) is 10.4 Å². The zero-order chi connectivity index (χ0) is 21.6. The standard InChI is InChI=1S/C25H19NO5/c27-24(26-19-10-12-21(13-11-19)31-20-8-2-1-3-9-20)16-30-23-15-18-7-5-4-6-17(18)14-22(23)25(28)29/h1-15H,16H2,(H,26,27)(H,28,29). The van der Waals surface area contributed by atoms with Crippen LogP contribution in [0.2, 0.25) is 0 Å². The lowest BCUT2D eigenvalue weighted by Crippen LogP contribution is -2.20. The normalized spacial score (nSPS) is 10.5. The summed E-state index contributed by atoms with van der Waals surface area (Å²) < 4.78 is 11.2. The van der Waals surface area contributed by atoms with Gasteiger partial charge in [0, 0.05) is 5.69 Å². The fraction of sp³-hybridized carbons (Fsp3) is 0.0400. The Labute approximate surface area is 178 Å². The van der Waals surface area contributed by atoms with Crippen molar-refractivity contribution in [2.24, 2.45) is 0 Å². The number of benzene rings is 4. The molecule has 4 rings (SSSR count). The van der Waals surface area contributed by atoms with E-state index >= 15 is 0 Å². The van der Waals surface area contributed by atoms with Gasteiger partial charge in [-0.05, 0) is 59.3 Å². The second-order valence-electron chi connectivity index (χ2n) is 6.78. The second-order valence-corrected chi connectivity index (χ2v) is 6.78. The molecule has 0 saturated heterocycles. The summed E-state index contributed by atoms with van der Waals surface area (Å²) in [6, 6.07) is 26.8. The summed E-state index contributed by atoms with van der Waals surface area (Å²) in [6.45, 7) is -0.319. The highest BCUT2D eigenvalue weighted by atomic mass is 16.5. The summed E-state index contributed by atoms with van der Waals surface area (Å²) in [4.78, 5) is 23.9. The van der Waals surface area contributed by atoms with Gasteiger partial charge in [-0.15, -0.1) is 0 Å². The number of para-hydroxylation sites is 1. The highest BCUT2D eigenvalue weighted by Crippen LogP contribution is 2.26. The maximum atomic E-state index is 12.3. The Kier molecular flexibility index (Phi) is 5.80. The minimum Gasteiger partial charge on any atom is -0.483 e. The van der Waals surface area contributed by atoms with Gasteiger partial charge in [0.2, 0.25) is 0 Å². The third kappa shape index (κ3) is 5.00. The molecule has 0 heterocycles. The first-order valence-corrected chi connectivity index (χ1v) is 9.60. The molecule has 0 bridgehead atoms. The molecule has 4 aromatic carbocycles. The van der Waals surface area contributed by atoms with Crippen molar-refractivity contribution in [1.29, 1.82) is 0 Å². The van der Waals surface area contributed by atoms with Crippen molar-refractivity contribution in [3.63, 3.8) is 0 Å². The van der Waals surface area contributed by atoms with Crippen LogP contribution in [0.5, 0.6) is 17.2 Å². The van der Waals surface area contributed by atoms with E-state index in [0.29, 0.717) is 11.4 Å². The molecule has 0 atom stereocenters. The molecule has 6 heteroatoms. The fourth-order valence-electron chi connectivity index (χ4n) is 3.08. The Morgan fingerprint density at radius 1 is 0.774 bits per heavy atom. The molecule has 0 spiro atoms. The topological polar surface area (TPSA) is 84.9 Å². The number of carbonyl (C=O) groups is 2. The lowest BCUT2D eigenvalue weighted by molar-refractivity contribution is -0.118. The summed E-state index contributed by atoms with van der Waals surface area (Å²) in [7, 11) is 0. The van der Waals surface area contributed by atoms with E-state index in [0.717, 1.165) is 16.5 Å². The molecule has 1 amide bonds. The van der Waals surface area contributed by atoms with Crippen LogP contribution in [0, 0.1) is 0 Å². The number of ether oxygens (including phenoxy) is 2. The van der Waals surface area contributed by atoms with Crippen LogP contribution in [-0.4, -0.2) is 23.6 Å². The molecule has 31 heavy (non-hydrogen) atoms. The van der Waals surface area contributed by atoms with Gasteiger partial charge < -0.3 is 19.9 Å². The number of aromatic carboxylic acids is 1. The van der Waals surface area contributed by atoms with Gasteiger partial charge >= 0.3 is 5.97 Å². The number of carbonyl (C=O) groups excluding carboxylic acids is 1. The molecular weight excluding hydrogens is 394 g/mol. The Bertz CT molecular complexity index is 1220. The first-order chi connectivity index (χ1) is 15.1. The second kappa shape index (κ2) is 9.00. The van der Waals surface area contributed by atoms with Crippen molar-refractivity contribution in [3.05, 3.63) is 96.6 Å². The van der Waals surface area contributed by atoms with Crippen LogP contribution in [-0.2, 0) is 4.79 Å². The van der Waals surface area contributed by atoms with Crippen molar-refractivity contribution < 1.29 is 24.2 Å². The van der Waals surface area contributed by atoms with Gasteiger partial charge in [0.15, 0.2) is 6.61 Å². The molecule has 0 aliphatic rings. The molecule has 6 nitrogen and oxygen atoms in total. The van der Waals surface area contributed by atoms with E-state index in [-0.39, 0.29) is 17.9 Å². The number of hydrogen-bond donors (Lipinski definition) is 2. The number of anilines is 1. The van der Waals surface area contributed by atoms with Crippen molar-refractivity contribution in [3.8, 4) is 17.2 Å². The Balaban J connectivity index is 1.39. The van der Waals surface area contributed by atoms with Crippen molar-refractivity contribution in [2.75, 3.05) is 11.9 Å². The lowest BCUT2D eigenvalue weighted by Gasteiger charge is -2.11. The Morgan fingerprint density at radius 2 is 1.39 bits per heavy atom. The zero-order valence-corrected chi connectivity index (χ0v) is 16.4. The van der Waals surface area contributed by atoms with Crippen LogP contribution in [0.3, 0.4) is 0 Å². The zero-order valence-electron chi connectivity index (χ0n) is 16.4. The third-order valence-corrected chi connectivity index (χ3v) is 4.55. The molecule has 0 aliphatic heterocycles. The quantitative estimate of drug-likeness (QED) is 0.427. The van der Waals surface area contributed by atoms with Crippen molar-refractivity contribution in [1.82, 2.24) is 0 Å². The number of carboxylic acid groups (broad SMARTS) is 1. The highest BCUT2D eigenvalue weighted by Gasteiger charge is 2.14. The van der Waals surface area contributed by atoms with E-state index in [1.165, 1.54) is 6.07 Å². The summed E-state index contributed by atoms with van der Waals surface area (Å²) in [6.07, 6.45) is 0. The molecule has 0 radical (unpaired) electrons. The predicted octanol–water partition coefficient (Wildman–Crippen LogP) is 5.35. The van der Waals surface area contributed by atoms with Crippen LogP contribution < -0.4 is 14.8 Å². The predicted molar refractivity (Wildman–Crippen MR) is 118 cm³/mol. The van der Waals surface area contributed by atoms with Crippen LogP contribution in [0.4, 0.5) is 5.69 Å². The molecule has 0 unspecified atom stereocenters. The van der Waals surface area contributed by atoms with E-state index in [2.05, 4.69) is 5.32 Å². The Morgan fingerprint density at radius 3 is 2.06 bits per heavy atom. The van der Waals surface area contributed by atoms with Gasteiger partial charge in [-0.2, -0.15) is 0 Å². The first kappa shape index (κ1) is 20.0. The average Bonchev–Trinajstić information content (AvgIpc) is 2.79. The van der Waals surface area contributed by atoms with Crippen molar-refractivity contribution >= 4 is 28.3 Å². The van der Waals surface area contributed by atoms with Gasteiger partial charge in [0.05, 0.1) is 0 Å². The van der Waals surface area contributed by atoms with Crippen molar-refractivity contribution in [2.45, 2.75) is 0 Å². The minimum atomic E-state index is -1.12. The number of fused-ring (bicyclic) bond motifs is 1. The van der Waals surface area contributed by atoms with E-state index < -0.39 is 11.9 Å². The summed E-state index contributed by atoms with van der Waals surface area (Å²) >= 11 is 0. The SMILES string of the molecule is O=C(COc1cc2ccccc2cc1C(=O)O)Nc1ccc(Oc2ccccc2)cc1. The smallest absolute Gasteiger partial charge is 0.339 e. The summed E-state index contributed by atoms with van der Waals surface area (Å²) in [5.74, 6) is -0.00984. The van der Waals surface area contributed by atoms with Gasteiger partial charge in [-0.3, -0.25) is 4.79 Å². The maximum Gasteiger partial charge on any atom is 0.339 e. The number of nitrogens with one attached hydrogen (secondary N) is 1. The van der Waals surface area contributed by atoms with Crippen LogP contribution in [0.25, 0.3) is 10.8 Å².